The van der Waals surface area contributed by atoms with Gasteiger partial charge in [-0.2, -0.15) is 0 Å². The summed E-state index contributed by atoms with van der Waals surface area (Å²) in [7, 11) is 0. The summed E-state index contributed by atoms with van der Waals surface area (Å²) in [4.78, 5) is 22.7. The molecule has 1 fully saturated rings. The van der Waals surface area contributed by atoms with Gasteiger partial charge in [0.25, 0.3) is 0 Å². The van der Waals surface area contributed by atoms with Crippen LogP contribution in [0.5, 0.6) is 0 Å². The maximum absolute atomic E-state index is 12.2. The molecule has 4 nitrogen and oxygen atoms in total. The number of aliphatic hydroxyl groups is 1. The first-order valence-electron chi connectivity index (χ1n) is 10.0. The lowest BCUT2D eigenvalue weighted by atomic mass is 9.80. The average molecular weight is 365 g/mol. The first-order chi connectivity index (χ1) is 12.3. The minimum atomic E-state index is -0.769. The summed E-state index contributed by atoms with van der Waals surface area (Å²) < 4.78 is 0. The van der Waals surface area contributed by atoms with E-state index in [-0.39, 0.29) is 23.7 Å². The van der Waals surface area contributed by atoms with Crippen LogP contribution in [0.15, 0.2) is 24.3 Å². The Morgan fingerprint density at radius 3 is 2.69 bits per heavy atom. The van der Waals surface area contributed by atoms with Crippen molar-refractivity contribution in [3.63, 3.8) is 0 Å². The summed E-state index contributed by atoms with van der Waals surface area (Å²) in [5.74, 6) is -0.278. The summed E-state index contributed by atoms with van der Waals surface area (Å²) in [5, 5.41) is 19.1. The van der Waals surface area contributed by atoms with Crippen LogP contribution in [0.25, 0.3) is 0 Å². The van der Waals surface area contributed by atoms with E-state index in [1.165, 1.54) is 0 Å². The fourth-order valence-electron chi connectivity index (χ4n) is 3.49. The van der Waals surface area contributed by atoms with E-state index in [1.807, 2.05) is 24.3 Å². The molecule has 0 aliphatic heterocycles. The van der Waals surface area contributed by atoms with Gasteiger partial charge in [0.05, 0.1) is 6.10 Å². The van der Waals surface area contributed by atoms with Crippen molar-refractivity contribution in [2.24, 2.45) is 17.3 Å². The molecule has 0 aromatic rings. The number of carboxylic acid groups (broad SMARTS) is 1. The molecule has 1 aliphatic rings. The van der Waals surface area contributed by atoms with Crippen molar-refractivity contribution in [2.45, 2.75) is 84.7 Å². The number of Topliss-reactive ketones (excluding diaryl/α,β-unsaturated/α-hetero) is 1. The molecule has 0 radical (unpaired) electrons. The van der Waals surface area contributed by atoms with Crippen LogP contribution >= 0.6 is 0 Å². The van der Waals surface area contributed by atoms with Crippen LogP contribution in [-0.2, 0) is 9.59 Å². The Morgan fingerprint density at radius 2 is 2.04 bits per heavy atom. The Morgan fingerprint density at radius 1 is 1.31 bits per heavy atom. The van der Waals surface area contributed by atoms with E-state index >= 15 is 0 Å². The molecule has 3 unspecified atom stereocenters. The topological polar surface area (TPSA) is 74.6 Å². The quantitative estimate of drug-likeness (QED) is 0.381. The van der Waals surface area contributed by atoms with Crippen molar-refractivity contribution in [1.82, 2.24) is 0 Å². The maximum atomic E-state index is 12.2. The van der Waals surface area contributed by atoms with Gasteiger partial charge in [0, 0.05) is 18.8 Å². The molecule has 0 heterocycles. The zero-order chi connectivity index (χ0) is 19.6. The lowest BCUT2D eigenvalue weighted by molar-refractivity contribution is -0.137. The Hall–Kier alpha value is -1.42. The van der Waals surface area contributed by atoms with Crippen molar-refractivity contribution in [3.05, 3.63) is 24.3 Å². The minimum absolute atomic E-state index is 0.00655. The number of hydrogen-bond donors (Lipinski definition) is 2. The molecule has 2 N–H and O–H groups in total. The standard InChI is InChI=1S/C22H36O4/c1-4-5-16-22(2,3)20(24)15-13-17-12-14-19(23)18(17)10-8-6-7-9-11-21(25)26/h6,8,13,15,17-18,20,24H,4-5,7,9-12,14,16H2,1-3H3,(H,25,26). The third kappa shape index (κ3) is 7.86. The molecule has 3 atom stereocenters. The highest BCUT2D eigenvalue weighted by atomic mass is 16.4. The minimum Gasteiger partial charge on any atom is -0.481 e. The smallest absolute Gasteiger partial charge is 0.303 e. The molecular weight excluding hydrogens is 328 g/mol. The third-order valence-corrected chi connectivity index (χ3v) is 5.49. The first kappa shape index (κ1) is 22.6. The Kier molecular flexibility index (Phi) is 9.85. The lowest BCUT2D eigenvalue weighted by Gasteiger charge is -2.29. The first-order valence-corrected chi connectivity index (χ1v) is 10.0. The molecule has 0 spiro atoms. The molecule has 0 amide bonds. The molecule has 26 heavy (non-hydrogen) atoms. The second-order valence-corrected chi connectivity index (χ2v) is 8.19. The number of hydrogen-bond acceptors (Lipinski definition) is 3. The van der Waals surface area contributed by atoms with E-state index < -0.39 is 12.1 Å². The number of rotatable bonds is 12. The molecule has 4 heteroatoms. The molecule has 1 aliphatic carbocycles. The van der Waals surface area contributed by atoms with Gasteiger partial charge >= 0.3 is 5.97 Å². The predicted octanol–water partition coefficient (Wildman–Crippen LogP) is 4.92. The second kappa shape index (κ2) is 11.3. The van der Waals surface area contributed by atoms with Gasteiger partial charge in [0.2, 0.25) is 0 Å². The molecule has 0 aromatic heterocycles. The molecule has 0 bridgehead atoms. The van der Waals surface area contributed by atoms with Gasteiger partial charge in [-0.15, -0.1) is 0 Å². The normalized spacial score (nSPS) is 22.5. The van der Waals surface area contributed by atoms with Crippen LogP contribution in [0.4, 0.5) is 0 Å². The predicted molar refractivity (Wildman–Crippen MR) is 105 cm³/mol. The Balaban J connectivity index is 2.52. The zero-order valence-electron chi connectivity index (χ0n) is 16.6. The highest BCUT2D eigenvalue weighted by molar-refractivity contribution is 5.83. The van der Waals surface area contributed by atoms with Gasteiger partial charge in [-0.05, 0) is 43.4 Å². The number of carbonyl (C=O) groups excluding carboxylic acids is 1. The van der Waals surface area contributed by atoms with Gasteiger partial charge in [-0.25, -0.2) is 0 Å². The van der Waals surface area contributed by atoms with Crippen molar-refractivity contribution in [3.8, 4) is 0 Å². The second-order valence-electron chi connectivity index (χ2n) is 8.19. The lowest BCUT2D eigenvalue weighted by Crippen LogP contribution is -2.27. The third-order valence-electron chi connectivity index (χ3n) is 5.49. The van der Waals surface area contributed by atoms with Gasteiger partial charge in [-0.3, -0.25) is 9.59 Å². The summed E-state index contributed by atoms with van der Waals surface area (Å²) in [6.07, 6.45) is 14.4. The summed E-state index contributed by atoms with van der Waals surface area (Å²) >= 11 is 0. The van der Waals surface area contributed by atoms with Crippen LogP contribution in [0.1, 0.15) is 78.6 Å². The highest BCUT2D eigenvalue weighted by Crippen LogP contribution is 2.34. The van der Waals surface area contributed by atoms with Crippen LogP contribution < -0.4 is 0 Å². The van der Waals surface area contributed by atoms with E-state index in [4.69, 9.17) is 5.11 Å². The van der Waals surface area contributed by atoms with E-state index in [9.17, 15) is 14.7 Å². The number of carboxylic acids is 1. The number of carbonyl (C=O) groups is 2. The molecule has 1 saturated carbocycles. The molecular formula is C22H36O4. The number of aliphatic carboxylic acids is 1. The summed E-state index contributed by atoms with van der Waals surface area (Å²) in [5.41, 5.74) is -0.144. The number of allylic oxidation sites excluding steroid dienone is 3. The Labute approximate surface area is 158 Å². The van der Waals surface area contributed by atoms with E-state index in [2.05, 4.69) is 20.8 Å². The largest absolute Gasteiger partial charge is 0.481 e. The fraction of sp³-hybridized carbons (Fsp3) is 0.727. The van der Waals surface area contributed by atoms with E-state index in [0.29, 0.717) is 25.0 Å². The van der Waals surface area contributed by atoms with Crippen LogP contribution in [-0.4, -0.2) is 28.1 Å². The highest BCUT2D eigenvalue weighted by Gasteiger charge is 2.32. The average Bonchev–Trinajstić information content (AvgIpc) is 2.93. The van der Waals surface area contributed by atoms with Crippen LogP contribution in [0.2, 0.25) is 0 Å². The fourth-order valence-corrected chi connectivity index (χ4v) is 3.49. The molecule has 1 rings (SSSR count). The van der Waals surface area contributed by atoms with Crippen LogP contribution in [0, 0.1) is 17.3 Å². The summed E-state index contributed by atoms with van der Waals surface area (Å²) in [6, 6.07) is 0. The van der Waals surface area contributed by atoms with Crippen molar-refractivity contribution >= 4 is 11.8 Å². The monoisotopic (exact) mass is 364 g/mol. The SMILES string of the molecule is CCCCC(C)(C)C(O)C=CC1CCC(=O)C1CC=CCCCC(=O)O. The maximum Gasteiger partial charge on any atom is 0.303 e. The molecule has 0 aromatic carbocycles. The van der Waals surface area contributed by atoms with Gasteiger partial charge < -0.3 is 10.2 Å². The van der Waals surface area contributed by atoms with Crippen molar-refractivity contribution < 1.29 is 19.8 Å². The van der Waals surface area contributed by atoms with Crippen molar-refractivity contribution in [2.75, 3.05) is 0 Å². The van der Waals surface area contributed by atoms with Crippen molar-refractivity contribution in [1.29, 1.82) is 0 Å². The summed E-state index contributed by atoms with van der Waals surface area (Å²) in [6.45, 7) is 6.34. The Bertz CT molecular complexity index is 504. The van der Waals surface area contributed by atoms with E-state index in [0.717, 1.165) is 32.1 Å². The zero-order valence-corrected chi connectivity index (χ0v) is 16.6. The number of ketones is 1. The van der Waals surface area contributed by atoms with Gasteiger partial charge in [0.15, 0.2) is 0 Å². The molecule has 0 saturated heterocycles. The molecule has 148 valence electrons. The van der Waals surface area contributed by atoms with Gasteiger partial charge in [-0.1, -0.05) is 57.9 Å². The van der Waals surface area contributed by atoms with E-state index in [1.54, 1.807) is 0 Å². The van der Waals surface area contributed by atoms with Crippen LogP contribution in [0.3, 0.4) is 0 Å². The van der Waals surface area contributed by atoms with Gasteiger partial charge in [0.1, 0.15) is 5.78 Å². The number of aliphatic hydroxyl groups excluding tert-OH is 1. The number of unbranched alkanes of at least 4 members (excludes halogenated alkanes) is 2.